The quantitative estimate of drug-likeness (QED) is 0.118. The molecule has 47 heavy (non-hydrogen) atoms. The number of ether oxygens (including phenoxy) is 2. The molecular weight excluding hydrogens is 652 g/mol. The van der Waals surface area contributed by atoms with Crippen LogP contribution in [-0.4, -0.2) is 56.5 Å². The lowest BCUT2D eigenvalue weighted by molar-refractivity contribution is -0.277. The Hall–Kier alpha value is -4.24. The zero-order valence-electron chi connectivity index (χ0n) is 24.4. The number of hydrogen-bond acceptors (Lipinski definition) is 7. The predicted octanol–water partition coefficient (Wildman–Crippen LogP) is 6.13. The van der Waals surface area contributed by atoms with Gasteiger partial charge in [-0.2, -0.15) is 18.3 Å². The number of aromatic nitrogens is 3. The molecule has 3 N–H and O–H groups in total. The van der Waals surface area contributed by atoms with Gasteiger partial charge in [0.2, 0.25) is 0 Å². The first-order valence-corrected chi connectivity index (χ1v) is 14.7. The van der Waals surface area contributed by atoms with Crippen LogP contribution in [0.1, 0.15) is 34.4 Å². The van der Waals surface area contributed by atoms with Gasteiger partial charge in [-0.1, -0.05) is 41.9 Å². The van der Waals surface area contributed by atoms with Crippen LogP contribution >= 0.6 is 11.6 Å². The highest BCUT2D eigenvalue weighted by Gasteiger charge is 2.52. The van der Waals surface area contributed by atoms with Crippen molar-refractivity contribution in [3.05, 3.63) is 118 Å². The Labute approximate surface area is 269 Å². The Balaban J connectivity index is 1.37. The van der Waals surface area contributed by atoms with Crippen LogP contribution in [0.5, 0.6) is 0 Å². The molecular formula is C32H26ClF6N5O3. The Bertz CT molecular complexity index is 1830. The van der Waals surface area contributed by atoms with Crippen LogP contribution in [0, 0.1) is 29.8 Å². The third-order valence-electron chi connectivity index (χ3n) is 7.92. The second kappa shape index (κ2) is 12.8. The van der Waals surface area contributed by atoms with Gasteiger partial charge in [-0.25, -0.2) is 22.8 Å². The first-order valence-electron chi connectivity index (χ1n) is 14.3. The van der Waals surface area contributed by atoms with Crippen LogP contribution in [0.3, 0.4) is 0 Å². The fourth-order valence-corrected chi connectivity index (χ4v) is 5.81. The Morgan fingerprint density at radius 3 is 2.45 bits per heavy atom. The summed E-state index contributed by atoms with van der Waals surface area (Å²) in [7, 11) is 0. The summed E-state index contributed by atoms with van der Waals surface area (Å²) >= 11 is 6.06. The molecule has 246 valence electrons. The molecule has 6 rings (SSSR count). The summed E-state index contributed by atoms with van der Waals surface area (Å²) in [6, 6.07) is 12.3. The molecule has 2 fully saturated rings. The van der Waals surface area contributed by atoms with Gasteiger partial charge in [0.1, 0.15) is 30.2 Å². The number of nitrogens with one attached hydrogen (secondary N) is 2. The Kier molecular flexibility index (Phi) is 8.87. The number of aliphatic hydroxyl groups excluding tert-OH is 1. The van der Waals surface area contributed by atoms with Crippen molar-refractivity contribution in [3.63, 3.8) is 0 Å². The molecule has 15 heteroatoms. The van der Waals surface area contributed by atoms with Gasteiger partial charge < -0.3 is 25.3 Å². The smallest absolute Gasteiger partial charge is 0.388 e. The molecule has 1 aromatic heterocycles. The lowest BCUT2D eigenvalue weighted by atomic mass is 9.88. The second-order valence-electron chi connectivity index (χ2n) is 11.1. The van der Waals surface area contributed by atoms with Crippen molar-refractivity contribution < 1.29 is 40.9 Å². The molecule has 0 spiro atoms. The third kappa shape index (κ3) is 6.50. The van der Waals surface area contributed by atoms with Crippen molar-refractivity contribution in [2.24, 2.45) is 0 Å². The maximum Gasteiger partial charge on any atom is 0.418 e. The van der Waals surface area contributed by atoms with E-state index >= 15 is 0 Å². The average molecular weight is 678 g/mol. The van der Waals surface area contributed by atoms with Gasteiger partial charge in [-0.15, -0.1) is 0 Å². The normalized spacial score (nSPS) is 22.8. The fraction of sp³-hybridized carbons (Fsp3) is 0.281. The summed E-state index contributed by atoms with van der Waals surface area (Å²) in [6.07, 6.45) is -7.69. The van der Waals surface area contributed by atoms with Crippen molar-refractivity contribution in [3.8, 4) is 5.69 Å². The Morgan fingerprint density at radius 2 is 1.81 bits per heavy atom. The zero-order chi connectivity index (χ0) is 33.6. The van der Waals surface area contributed by atoms with E-state index in [9.17, 15) is 31.4 Å². The van der Waals surface area contributed by atoms with Gasteiger partial charge in [0.05, 0.1) is 23.9 Å². The van der Waals surface area contributed by atoms with E-state index in [0.717, 1.165) is 35.0 Å². The molecule has 5 atom stereocenters. The van der Waals surface area contributed by atoms with Gasteiger partial charge in [-0.05, 0) is 48.4 Å². The number of allylic oxidation sites excluding steroid dienone is 1. The van der Waals surface area contributed by atoms with Crippen molar-refractivity contribution in [2.45, 2.75) is 50.0 Å². The first kappa shape index (κ1) is 32.7. The van der Waals surface area contributed by atoms with Crippen LogP contribution in [0.4, 0.5) is 26.3 Å². The summed E-state index contributed by atoms with van der Waals surface area (Å²) in [5, 5.41) is 27.5. The summed E-state index contributed by atoms with van der Waals surface area (Å²) in [4.78, 5) is 4.30. The van der Waals surface area contributed by atoms with E-state index in [0.29, 0.717) is 5.56 Å². The van der Waals surface area contributed by atoms with E-state index < -0.39 is 65.3 Å². The average Bonchev–Trinajstić information content (AvgIpc) is 3.39. The van der Waals surface area contributed by atoms with Gasteiger partial charge in [0, 0.05) is 28.9 Å². The topological polar surface area (TPSA) is 105 Å². The maximum atomic E-state index is 14.3. The van der Waals surface area contributed by atoms with Crippen LogP contribution in [0.15, 0.2) is 66.9 Å². The Morgan fingerprint density at radius 1 is 1.11 bits per heavy atom. The van der Waals surface area contributed by atoms with Crippen molar-refractivity contribution >= 4 is 22.9 Å². The molecule has 0 saturated carbocycles. The molecule has 0 radical (unpaired) electrons. The van der Waals surface area contributed by atoms with E-state index in [1.54, 1.807) is 30.3 Å². The summed E-state index contributed by atoms with van der Waals surface area (Å²) in [6.45, 7) is 1.56. The SMILES string of the molecule is Cc1nc(C2OC3COC3C(N/C=C(\C(=N)Cc3ccccc3)c3cc(F)c(F)c(F)c3)C2O)n(-c2cc(Cl)ccc2C(F)(F)F)n1. The molecule has 3 aromatic carbocycles. The molecule has 3 heterocycles. The van der Waals surface area contributed by atoms with Gasteiger partial charge in [0.15, 0.2) is 23.3 Å². The number of fused-ring (bicyclic) bond motifs is 1. The molecule has 2 aliphatic heterocycles. The minimum atomic E-state index is -4.77. The number of aryl methyl sites for hydroxylation is 1. The number of nitrogens with zero attached hydrogens (tertiary/aromatic N) is 3. The summed E-state index contributed by atoms with van der Waals surface area (Å²) in [5.74, 6) is -4.63. The van der Waals surface area contributed by atoms with Crippen molar-refractivity contribution in [1.82, 2.24) is 20.1 Å². The highest BCUT2D eigenvalue weighted by molar-refractivity contribution is 6.30. The highest BCUT2D eigenvalue weighted by atomic mass is 35.5. The lowest BCUT2D eigenvalue weighted by Crippen LogP contribution is -2.66. The van der Waals surface area contributed by atoms with Gasteiger partial charge in [0.25, 0.3) is 0 Å². The number of rotatable bonds is 8. The molecule has 2 aliphatic rings. The van der Waals surface area contributed by atoms with E-state index in [4.69, 9.17) is 26.5 Å². The van der Waals surface area contributed by atoms with Crippen molar-refractivity contribution in [1.29, 1.82) is 5.41 Å². The van der Waals surface area contributed by atoms with Crippen LogP contribution in [0.25, 0.3) is 11.3 Å². The monoisotopic (exact) mass is 677 g/mol. The van der Waals surface area contributed by atoms with Gasteiger partial charge >= 0.3 is 6.18 Å². The van der Waals surface area contributed by atoms with Crippen LogP contribution in [0.2, 0.25) is 5.02 Å². The van der Waals surface area contributed by atoms with Gasteiger partial charge in [-0.3, -0.25) is 0 Å². The molecule has 0 amide bonds. The predicted molar refractivity (Wildman–Crippen MR) is 159 cm³/mol. The first-order chi connectivity index (χ1) is 22.3. The maximum absolute atomic E-state index is 14.3. The lowest BCUT2D eigenvalue weighted by Gasteiger charge is -2.50. The van der Waals surface area contributed by atoms with Crippen LogP contribution < -0.4 is 5.32 Å². The fourth-order valence-electron chi connectivity index (χ4n) is 5.64. The van der Waals surface area contributed by atoms with E-state index in [2.05, 4.69) is 15.4 Å². The highest BCUT2D eigenvalue weighted by Crippen LogP contribution is 2.40. The summed E-state index contributed by atoms with van der Waals surface area (Å²) in [5.41, 5.74) is -0.991. The molecule has 2 saturated heterocycles. The van der Waals surface area contributed by atoms with E-state index in [-0.39, 0.29) is 46.5 Å². The second-order valence-corrected chi connectivity index (χ2v) is 11.6. The molecule has 4 aromatic rings. The minimum absolute atomic E-state index is 0.00787. The minimum Gasteiger partial charge on any atom is -0.388 e. The number of alkyl halides is 3. The number of hydrogen-bond donors (Lipinski definition) is 3. The summed E-state index contributed by atoms with van der Waals surface area (Å²) < 4.78 is 97.1. The number of aliphatic hydroxyl groups is 1. The number of benzene rings is 3. The molecule has 5 unspecified atom stereocenters. The third-order valence-corrected chi connectivity index (χ3v) is 8.16. The number of halogens is 7. The van der Waals surface area contributed by atoms with Crippen LogP contribution in [-0.2, 0) is 22.1 Å². The van der Waals surface area contributed by atoms with Crippen molar-refractivity contribution in [2.75, 3.05) is 6.61 Å². The van der Waals surface area contributed by atoms with E-state index in [1.165, 1.54) is 13.1 Å². The zero-order valence-corrected chi connectivity index (χ0v) is 25.2. The molecule has 8 nitrogen and oxygen atoms in total. The largest absolute Gasteiger partial charge is 0.418 e. The van der Waals surface area contributed by atoms with E-state index in [1.807, 2.05) is 0 Å². The molecule has 0 bridgehead atoms. The standard InChI is InChI=1S/C32H26ClF6N5O3/c1-15-42-31(44(43-15)24-12-18(33)7-8-20(24)32(37,38)39)30-28(45)27(29-25(47-30)14-46-29)41-13-19(17-10-21(34)26(36)22(35)11-17)23(40)9-16-5-3-2-4-6-16/h2-8,10-13,25,27-30,40-41,45H,9,14H2,1H3/b19-13-,40-23?. The molecule has 0 aliphatic carbocycles.